The number of aromatic nitrogens is 1. The van der Waals surface area contributed by atoms with Crippen molar-refractivity contribution in [1.82, 2.24) is 4.98 Å². The maximum atomic E-state index is 5.83. The summed E-state index contributed by atoms with van der Waals surface area (Å²) in [6.07, 6.45) is 1.69. The number of nitrogens with zero attached hydrogens (tertiary/aromatic N) is 2. The minimum Gasteiger partial charge on any atom is -0.399 e. The number of anilines is 3. The summed E-state index contributed by atoms with van der Waals surface area (Å²) in [5, 5.41) is 0.720. The van der Waals surface area contributed by atoms with Gasteiger partial charge < -0.3 is 10.6 Å². The average molecular weight is 234 g/mol. The molecule has 0 fully saturated rings. The standard InChI is InChI=1S/C12H12ClN3/c1-16(11-4-2-9(13)3-5-11)12-8-10(14)6-7-15-12/h2-8H,1H3,(H2,14,15). The second-order valence-electron chi connectivity index (χ2n) is 3.48. The quantitative estimate of drug-likeness (QED) is 0.867. The van der Waals surface area contributed by atoms with E-state index in [4.69, 9.17) is 17.3 Å². The van der Waals surface area contributed by atoms with Gasteiger partial charge in [0.05, 0.1) is 0 Å². The SMILES string of the molecule is CN(c1ccc(Cl)cc1)c1cc(N)ccn1. The lowest BCUT2D eigenvalue weighted by atomic mass is 10.3. The van der Waals surface area contributed by atoms with E-state index in [1.54, 1.807) is 12.3 Å². The fraction of sp³-hybridized carbons (Fsp3) is 0.0833. The summed E-state index contributed by atoms with van der Waals surface area (Å²) >= 11 is 5.83. The van der Waals surface area contributed by atoms with Gasteiger partial charge in [0.1, 0.15) is 5.82 Å². The highest BCUT2D eigenvalue weighted by molar-refractivity contribution is 6.30. The van der Waals surface area contributed by atoms with E-state index in [0.717, 1.165) is 16.5 Å². The van der Waals surface area contributed by atoms with Crippen molar-refractivity contribution < 1.29 is 0 Å². The normalized spacial score (nSPS) is 10.1. The lowest BCUT2D eigenvalue weighted by Gasteiger charge is -2.18. The smallest absolute Gasteiger partial charge is 0.134 e. The molecule has 0 unspecified atom stereocenters. The molecular formula is C12H12ClN3. The molecule has 0 atom stereocenters. The maximum Gasteiger partial charge on any atom is 0.134 e. The van der Waals surface area contributed by atoms with Crippen LogP contribution in [0.5, 0.6) is 0 Å². The van der Waals surface area contributed by atoms with Gasteiger partial charge in [0.15, 0.2) is 0 Å². The number of benzene rings is 1. The van der Waals surface area contributed by atoms with E-state index in [1.807, 2.05) is 42.3 Å². The highest BCUT2D eigenvalue weighted by atomic mass is 35.5. The van der Waals surface area contributed by atoms with Gasteiger partial charge in [0.25, 0.3) is 0 Å². The molecule has 0 radical (unpaired) electrons. The summed E-state index contributed by atoms with van der Waals surface area (Å²) < 4.78 is 0. The van der Waals surface area contributed by atoms with Crippen molar-refractivity contribution in [3.8, 4) is 0 Å². The number of hydrogen-bond donors (Lipinski definition) is 1. The monoisotopic (exact) mass is 233 g/mol. The van der Waals surface area contributed by atoms with Crippen LogP contribution >= 0.6 is 11.6 Å². The first-order valence-electron chi connectivity index (χ1n) is 4.87. The zero-order valence-corrected chi connectivity index (χ0v) is 9.65. The van der Waals surface area contributed by atoms with Crippen LogP contribution in [-0.4, -0.2) is 12.0 Å². The Bertz CT molecular complexity index is 482. The van der Waals surface area contributed by atoms with E-state index in [2.05, 4.69) is 4.98 Å². The first kappa shape index (κ1) is 10.8. The Morgan fingerprint density at radius 2 is 1.88 bits per heavy atom. The van der Waals surface area contributed by atoms with E-state index < -0.39 is 0 Å². The number of pyridine rings is 1. The molecule has 1 aromatic heterocycles. The van der Waals surface area contributed by atoms with Crippen molar-refractivity contribution in [3.63, 3.8) is 0 Å². The van der Waals surface area contributed by atoms with Gasteiger partial charge in [-0.3, -0.25) is 0 Å². The molecular weight excluding hydrogens is 222 g/mol. The molecule has 0 saturated heterocycles. The highest BCUT2D eigenvalue weighted by Crippen LogP contribution is 2.24. The third-order valence-electron chi connectivity index (χ3n) is 2.33. The van der Waals surface area contributed by atoms with Crippen LogP contribution in [-0.2, 0) is 0 Å². The molecule has 0 aliphatic rings. The van der Waals surface area contributed by atoms with Crippen LogP contribution in [0.15, 0.2) is 42.6 Å². The zero-order valence-electron chi connectivity index (χ0n) is 8.89. The summed E-state index contributed by atoms with van der Waals surface area (Å²) in [5.41, 5.74) is 7.43. The highest BCUT2D eigenvalue weighted by Gasteiger charge is 2.04. The lowest BCUT2D eigenvalue weighted by molar-refractivity contribution is 1.13. The predicted octanol–water partition coefficient (Wildman–Crippen LogP) is 3.09. The summed E-state index contributed by atoms with van der Waals surface area (Å²) in [6.45, 7) is 0. The van der Waals surface area contributed by atoms with E-state index >= 15 is 0 Å². The fourth-order valence-corrected chi connectivity index (χ4v) is 1.54. The molecule has 1 heterocycles. The number of nitrogens with two attached hydrogens (primary N) is 1. The van der Waals surface area contributed by atoms with Crippen molar-refractivity contribution in [1.29, 1.82) is 0 Å². The second kappa shape index (κ2) is 4.41. The van der Waals surface area contributed by atoms with Gasteiger partial charge in [-0.25, -0.2) is 4.98 Å². The first-order chi connectivity index (χ1) is 7.66. The van der Waals surface area contributed by atoms with Crippen molar-refractivity contribution in [3.05, 3.63) is 47.6 Å². The van der Waals surface area contributed by atoms with E-state index in [9.17, 15) is 0 Å². The first-order valence-corrected chi connectivity index (χ1v) is 5.25. The molecule has 0 aliphatic heterocycles. The predicted molar refractivity (Wildman–Crippen MR) is 68.2 cm³/mol. The molecule has 2 N–H and O–H groups in total. The Balaban J connectivity index is 2.31. The van der Waals surface area contributed by atoms with Crippen LogP contribution in [0, 0.1) is 0 Å². The molecule has 3 nitrogen and oxygen atoms in total. The minimum absolute atomic E-state index is 0.700. The van der Waals surface area contributed by atoms with Gasteiger partial charge in [-0.05, 0) is 30.3 Å². The molecule has 1 aromatic carbocycles. The Labute approximate surface area is 99.5 Å². The van der Waals surface area contributed by atoms with Gasteiger partial charge in [-0.15, -0.1) is 0 Å². The second-order valence-corrected chi connectivity index (χ2v) is 3.92. The average Bonchev–Trinajstić information content (AvgIpc) is 2.29. The summed E-state index contributed by atoms with van der Waals surface area (Å²) in [5.74, 6) is 0.808. The Morgan fingerprint density at radius 1 is 1.19 bits per heavy atom. The number of nitrogen functional groups attached to an aromatic ring is 1. The van der Waals surface area contributed by atoms with Crippen LogP contribution in [0.25, 0.3) is 0 Å². The maximum absolute atomic E-state index is 5.83. The minimum atomic E-state index is 0.700. The van der Waals surface area contributed by atoms with Gasteiger partial charge in [0, 0.05) is 35.7 Å². The van der Waals surface area contributed by atoms with E-state index in [0.29, 0.717) is 5.69 Å². The molecule has 0 aliphatic carbocycles. The molecule has 0 saturated carbocycles. The summed E-state index contributed by atoms with van der Waals surface area (Å²) in [6, 6.07) is 11.2. The topological polar surface area (TPSA) is 42.1 Å². The number of rotatable bonds is 2. The van der Waals surface area contributed by atoms with Gasteiger partial charge >= 0.3 is 0 Å². The van der Waals surface area contributed by atoms with Crippen molar-refractivity contribution >= 4 is 28.8 Å². The fourth-order valence-electron chi connectivity index (χ4n) is 1.41. The number of hydrogen-bond acceptors (Lipinski definition) is 3. The summed E-state index contributed by atoms with van der Waals surface area (Å²) in [7, 11) is 1.94. The van der Waals surface area contributed by atoms with Crippen LogP contribution in [0.1, 0.15) is 0 Å². The largest absolute Gasteiger partial charge is 0.399 e. The molecule has 0 spiro atoms. The Kier molecular flexibility index (Phi) is 2.97. The van der Waals surface area contributed by atoms with Crippen LogP contribution < -0.4 is 10.6 Å². The zero-order chi connectivity index (χ0) is 11.5. The molecule has 0 amide bonds. The van der Waals surface area contributed by atoms with Crippen LogP contribution in [0.4, 0.5) is 17.2 Å². The van der Waals surface area contributed by atoms with Crippen LogP contribution in [0.3, 0.4) is 0 Å². The molecule has 16 heavy (non-hydrogen) atoms. The third-order valence-corrected chi connectivity index (χ3v) is 2.58. The number of halogens is 1. The van der Waals surface area contributed by atoms with E-state index in [1.165, 1.54) is 0 Å². The molecule has 0 bridgehead atoms. The lowest BCUT2D eigenvalue weighted by Crippen LogP contribution is -2.11. The molecule has 2 rings (SSSR count). The Hall–Kier alpha value is -1.74. The van der Waals surface area contributed by atoms with Gasteiger partial charge in [-0.1, -0.05) is 11.6 Å². The molecule has 2 aromatic rings. The van der Waals surface area contributed by atoms with Crippen molar-refractivity contribution in [2.24, 2.45) is 0 Å². The van der Waals surface area contributed by atoms with Gasteiger partial charge in [0.2, 0.25) is 0 Å². The molecule has 82 valence electrons. The van der Waals surface area contributed by atoms with Gasteiger partial charge in [-0.2, -0.15) is 0 Å². The van der Waals surface area contributed by atoms with Crippen LogP contribution in [0.2, 0.25) is 5.02 Å². The molecule has 4 heteroatoms. The summed E-state index contributed by atoms with van der Waals surface area (Å²) in [4.78, 5) is 6.20. The van der Waals surface area contributed by atoms with E-state index in [-0.39, 0.29) is 0 Å². The third kappa shape index (κ3) is 2.25. The Morgan fingerprint density at radius 3 is 2.50 bits per heavy atom. The van der Waals surface area contributed by atoms with Crippen molar-refractivity contribution in [2.45, 2.75) is 0 Å². The van der Waals surface area contributed by atoms with Crippen molar-refractivity contribution in [2.75, 3.05) is 17.7 Å².